The lowest BCUT2D eigenvalue weighted by molar-refractivity contribution is -0.159. The minimum Gasteiger partial charge on any atom is -0.461 e. The summed E-state index contributed by atoms with van der Waals surface area (Å²) in [7, 11) is -3.68. The van der Waals surface area contributed by atoms with Crippen molar-refractivity contribution in [1.29, 1.82) is 0 Å². The fourth-order valence-electron chi connectivity index (χ4n) is 4.62. The number of carbonyl (C=O) groups is 2. The summed E-state index contributed by atoms with van der Waals surface area (Å²) in [6.45, 7) is 6.97. The molecular formula is C25H40N7O6P. The van der Waals surface area contributed by atoms with Crippen LogP contribution in [0.5, 0.6) is 0 Å². The fraction of sp³-hybridized carbons (Fsp3) is 0.720. The summed E-state index contributed by atoms with van der Waals surface area (Å²) >= 11 is 0. The molecule has 0 amide bonds. The molecule has 2 saturated carbocycles. The third-order valence-electron chi connectivity index (χ3n) is 7.06. The minimum absolute atomic E-state index is 0.120. The van der Waals surface area contributed by atoms with Crippen LogP contribution >= 0.6 is 7.44 Å². The van der Waals surface area contributed by atoms with Crippen LogP contribution in [0.4, 0.5) is 5.82 Å². The van der Waals surface area contributed by atoms with Gasteiger partial charge in [0.25, 0.3) is 0 Å². The van der Waals surface area contributed by atoms with E-state index in [-0.39, 0.29) is 24.4 Å². The lowest BCUT2D eigenvalue weighted by atomic mass is 9.96. The molecule has 2 fully saturated rings. The first-order valence-corrected chi connectivity index (χ1v) is 15.5. The van der Waals surface area contributed by atoms with Gasteiger partial charge in [-0.1, -0.05) is 0 Å². The number of anilines is 1. The number of nitrogens with one attached hydrogen (secondary N) is 2. The zero-order valence-electron chi connectivity index (χ0n) is 23.1. The van der Waals surface area contributed by atoms with E-state index in [0.717, 1.165) is 44.9 Å². The minimum atomic E-state index is -3.68. The summed E-state index contributed by atoms with van der Waals surface area (Å²) in [4.78, 5) is 38.1. The van der Waals surface area contributed by atoms with E-state index in [1.165, 1.54) is 6.33 Å². The maximum atomic E-state index is 14.2. The van der Waals surface area contributed by atoms with Crippen molar-refractivity contribution in [2.75, 3.05) is 12.1 Å². The molecular weight excluding hydrogens is 525 g/mol. The molecule has 14 heteroatoms. The molecule has 0 bridgehead atoms. The van der Waals surface area contributed by atoms with Crippen LogP contribution in [0.2, 0.25) is 0 Å². The van der Waals surface area contributed by atoms with Gasteiger partial charge >= 0.3 is 11.9 Å². The third-order valence-corrected chi connectivity index (χ3v) is 9.30. The summed E-state index contributed by atoms with van der Waals surface area (Å²) in [5, 5.41) is 5.83. The van der Waals surface area contributed by atoms with Gasteiger partial charge in [0, 0.05) is 0 Å². The Morgan fingerprint density at radius 2 is 1.77 bits per heavy atom. The van der Waals surface area contributed by atoms with Crippen LogP contribution in [0.3, 0.4) is 0 Å². The SMILES string of the molecule is C[C@H](Cn1cnc2c(N)ncnc21)OCP(=O)(N[C@H](C)C(=O)OC1CCCC1)NC(C)(C)C(=O)OC1CCC1. The molecule has 3 atom stereocenters. The Labute approximate surface area is 228 Å². The second-order valence-electron chi connectivity index (χ2n) is 11.1. The van der Waals surface area contributed by atoms with Crippen molar-refractivity contribution >= 4 is 36.4 Å². The third kappa shape index (κ3) is 7.53. The van der Waals surface area contributed by atoms with E-state index in [2.05, 4.69) is 25.1 Å². The van der Waals surface area contributed by atoms with Gasteiger partial charge in [-0.3, -0.25) is 14.2 Å². The van der Waals surface area contributed by atoms with Crippen LogP contribution in [0, 0.1) is 0 Å². The Hall–Kier alpha value is -2.60. The summed E-state index contributed by atoms with van der Waals surface area (Å²) in [5.74, 6) is -0.723. The molecule has 4 rings (SSSR count). The second kappa shape index (κ2) is 12.3. The Morgan fingerprint density at radius 1 is 1.10 bits per heavy atom. The topological polar surface area (TPSA) is 173 Å². The number of aromatic nitrogens is 4. The molecule has 2 aromatic heterocycles. The standard InChI is InChI=1S/C25H40N7O6P/c1-16(12-32-14-29-20-21(26)27-13-28-22(20)32)36-15-39(35,30-17(2)23(33)37-18-8-5-6-9-18)31-25(3,4)24(34)38-19-10-7-11-19/h13-14,16-19H,5-12,15H2,1-4H3,(H2,26,27,28)(H2,30,31,35)/t16-,17-,39?/m1/s1. The van der Waals surface area contributed by atoms with E-state index in [4.69, 9.17) is 19.9 Å². The van der Waals surface area contributed by atoms with Crippen molar-refractivity contribution in [2.24, 2.45) is 0 Å². The molecule has 0 aliphatic heterocycles. The monoisotopic (exact) mass is 565 g/mol. The van der Waals surface area contributed by atoms with Crippen molar-refractivity contribution in [1.82, 2.24) is 29.7 Å². The van der Waals surface area contributed by atoms with Crippen molar-refractivity contribution in [2.45, 2.75) is 109 Å². The van der Waals surface area contributed by atoms with E-state index in [1.807, 2.05) is 6.92 Å². The maximum absolute atomic E-state index is 14.2. The van der Waals surface area contributed by atoms with Crippen LogP contribution in [0.1, 0.15) is 72.6 Å². The zero-order valence-corrected chi connectivity index (χ0v) is 24.0. The van der Waals surface area contributed by atoms with Gasteiger partial charge in [0.05, 0.1) is 19.0 Å². The number of carbonyl (C=O) groups excluding carboxylic acids is 2. The molecule has 0 spiro atoms. The van der Waals surface area contributed by atoms with Crippen molar-refractivity contribution in [3.8, 4) is 0 Å². The number of esters is 2. The number of nitrogens with two attached hydrogens (primary N) is 1. The summed E-state index contributed by atoms with van der Waals surface area (Å²) in [6, 6.07) is -0.890. The van der Waals surface area contributed by atoms with E-state index >= 15 is 0 Å². The number of nitrogen functional groups attached to an aromatic ring is 1. The Morgan fingerprint density at radius 3 is 2.44 bits per heavy atom. The number of fused-ring (bicyclic) bond motifs is 1. The molecule has 4 N–H and O–H groups in total. The van der Waals surface area contributed by atoms with Crippen molar-refractivity contribution in [3.63, 3.8) is 0 Å². The van der Waals surface area contributed by atoms with Crippen molar-refractivity contribution in [3.05, 3.63) is 12.7 Å². The molecule has 2 aliphatic carbocycles. The molecule has 1 unspecified atom stereocenters. The molecule has 2 aliphatic rings. The lowest BCUT2D eigenvalue weighted by Crippen LogP contribution is -2.51. The van der Waals surface area contributed by atoms with Gasteiger partial charge in [0.2, 0.25) is 7.44 Å². The van der Waals surface area contributed by atoms with E-state index in [9.17, 15) is 14.2 Å². The molecule has 2 aromatic rings. The largest absolute Gasteiger partial charge is 0.461 e. The summed E-state index contributed by atoms with van der Waals surface area (Å²) in [6.07, 6.45) is 8.34. The Balaban J connectivity index is 1.43. The number of nitrogens with zero attached hydrogens (tertiary/aromatic N) is 4. The smallest absolute Gasteiger partial charge is 0.326 e. The normalized spacial score (nSPS) is 19.8. The van der Waals surface area contributed by atoms with Crippen molar-refractivity contribution < 1.29 is 28.4 Å². The number of hydrogen-bond donors (Lipinski definition) is 3. The Kier molecular flexibility index (Phi) is 9.25. The van der Waals surface area contributed by atoms with E-state index < -0.39 is 37.1 Å². The van der Waals surface area contributed by atoms with Crippen LogP contribution in [-0.2, 0) is 34.9 Å². The maximum Gasteiger partial charge on any atom is 0.326 e. The van der Waals surface area contributed by atoms with Gasteiger partial charge in [-0.05, 0) is 72.6 Å². The van der Waals surface area contributed by atoms with Gasteiger partial charge in [0.15, 0.2) is 11.5 Å². The number of hydrogen-bond acceptors (Lipinski definition) is 10. The summed E-state index contributed by atoms with van der Waals surface area (Å²) in [5.41, 5.74) is 5.62. The van der Waals surface area contributed by atoms with E-state index in [1.54, 1.807) is 31.7 Å². The number of rotatable bonds is 13. The predicted molar refractivity (Wildman–Crippen MR) is 145 cm³/mol. The van der Waals surface area contributed by atoms with Crippen LogP contribution in [0.25, 0.3) is 11.2 Å². The van der Waals surface area contributed by atoms with Gasteiger partial charge in [-0.2, -0.15) is 0 Å². The first kappa shape index (κ1) is 29.4. The first-order chi connectivity index (χ1) is 18.5. The average Bonchev–Trinajstić information content (AvgIpc) is 3.50. The van der Waals surface area contributed by atoms with E-state index in [0.29, 0.717) is 17.7 Å². The molecule has 0 aromatic carbocycles. The molecule has 0 radical (unpaired) electrons. The lowest BCUT2D eigenvalue weighted by Gasteiger charge is -2.35. The molecule has 2 heterocycles. The number of imidazole rings is 1. The van der Waals surface area contributed by atoms with Gasteiger partial charge in [-0.25, -0.2) is 25.1 Å². The second-order valence-corrected chi connectivity index (χ2v) is 13.3. The fourth-order valence-corrected chi connectivity index (χ4v) is 7.01. The zero-order chi connectivity index (χ0) is 28.2. The summed E-state index contributed by atoms with van der Waals surface area (Å²) < 4.78 is 33.1. The van der Waals surface area contributed by atoms with Gasteiger partial charge < -0.3 is 24.5 Å². The quantitative estimate of drug-likeness (QED) is 0.240. The average molecular weight is 566 g/mol. The van der Waals surface area contributed by atoms with Gasteiger partial charge in [0.1, 0.15) is 42.0 Å². The highest BCUT2D eigenvalue weighted by molar-refractivity contribution is 7.59. The van der Waals surface area contributed by atoms with Gasteiger partial charge in [-0.15, -0.1) is 0 Å². The van der Waals surface area contributed by atoms with Crippen LogP contribution in [0.15, 0.2) is 12.7 Å². The molecule has 13 nitrogen and oxygen atoms in total. The highest BCUT2D eigenvalue weighted by Gasteiger charge is 2.41. The van der Waals surface area contributed by atoms with Crippen LogP contribution < -0.4 is 15.9 Å². The van der Waals surface area contributed by atoms with Crippen LogP contribution in [-0.4, -0.2) is 67.7 Å². The highest BCUT2D eigenvalue weighted by Crippen LogP contribution is 2.41. The highest BCUT2D eigenvalue weighted by atomic mass is 31.2. The number of ether oxygens (including phenoxy) is 3. The molecule has 0 saturated heterocycles. The predicted octanol–water partition coefficient (Wildman–Crippen LogP) is 2.89. The molecule has 39 heavy (non-hydrogen) atoms. The Bertz CT molecular complexity index is 1210. The first-order valence-electron chi connectivity index (χ1n) is 13.6. The molecule has 216 valence electrons.